The molecule has 12 nitrogen and oxygen atoms in total. The van der Waals surface area contributed by atoms with Gasteiger partial charge in [0.2, 0.25) is 11.8 Å². The van der Waals surface area contributed by atoms with Crippen LogP contribution in [0.5, 0.6) is 5.75 Å². The largest absolute Gasteiger partial charge is 0.496 e. The molecule has 12 heteroatoms. The summed E-state index contributed by atoms with van der Waals surface area (Å²) >= 11 is 0. The van der Waals surface area contributed by atoms with E-state index in [2.05, 4.69) is 10.6 Å². The molecule has 1 aliphatic rings. The van der Waals surface area contributed by atoms with Crippen molar-refractivity contribution in [2.24, 2.45) is 0 Å². The Bertz CT molecular complexity index is 1460. The molecule has 0 aliphatic carbocycles. The van der Waals surface area contributed by atoms with E-state index < -0.39 is 34.8 Å². The number of ether oxygens (including phenoxy) is 1. The van der Waals surface area contributed by atoms with Gasteiger partial charge in [0, 0.05) is 37.2 Å². The fourth-order valence-electron chi connectivity index (χ4n) is 4.60. The molecular formula is C29H28N4O8. The van der Waals surface area contributed by atoms with Gasteiger partial charge in [-0.3, -0.25) is 24.5 Å². The van der Waals surface area contributed by atoms with Gasteiger partial charge in [0.15, 0.2) is 0 Å². The molecule has 0 radical (unpaired) electrons. The lowest BCUT2D eigenvalue weighted by Gasteiger charge is -2.26. The number of carboxylic acid groups (broad SMARTS) is 1. The van der Waals surface area contributed by atoms with Gasteiger partial charge in [0.25, 0.3) is 11.6 Å². The first-order chi connectivity index (χ1) is 19.7. The Morgan fingerprint density at radius 3 is 2.41 bits per heavy atom. The number of aliphatic carboxylic acids is 1. The third kappa shape index (κ3) is 7.04. The highest BCUT2D eigenvalue weighted by Crippen LogP contribution is 2.25. The fourth-order valence-corrected chi connectivity index (χ4v) is 4.60. The second-order valence-corrected chi connectivity index (χ2v) is 9.46. The van der Waals surface area contributed by atoms with Crippen LogP contribution in [-0.2, 0) is 27.3 Å². The van der Waals surface area contributed by atoms with Crippen LogP contribution in [0.1, 0.15) is 34.3 Å². The lowest BCUT2D eigenvalue weighted by Crippen LogP contribution is -2.50. The maximum Gasteiger partial charge on any atom is 0.326 e. The zero-order valence-electron chi connectivity index (χ0n) is 22.1. The van der Waals surface area contributed by atoms with Gasteiger partial charge in [-0.15, -0.1) is 0 Å². The number of hydrogen-bond acceptors (Lipinski definition) is 7. The number of methoxy groups -OCH3 is 1. The van der Waals surface area contributed by atoms with Crippen molar-refractivity contribution in [3.63, 3.8) is 0 Å². The van der Waals surface area contributed by atoms with Crippen LogP contribution in [-0.4, -0.2) is 57.8 Å². The Morgan fingerprint density at radius 1 is 1.07 bits per heavy atom. The van der Waals surface area contributed by atoms with E-state index >= 15 is 0 Å². The van der Waals surface area contributed by atoms with Crippen molar-refractivity contribution >= 4 is 35.1 Å². The summed E-state index contributed by atoms with van der Waals surface area (Å²) < 4.78 is 5.14. The lowest BCUT2D eigenvalue weighted by molar-refractivity contribution is -0.384. The minimum absolute atomic E-state index is 0.0221. The van der Waals surface area contributed by atoms with Crippen LogP contribution >= 0.6 is 0 Å². The number of carbonyl (C=O) groups is 4. The number of nitrogens with zero attached hydrogens (tertiary/aromatic N) is 2. The molecule has 0 bridgehead atoms. The van der Waals surface area contributed by atoms with Crippen LogP contribution in [0.2, 0.25) is 0 Å². The zero-order valence-corrected chi connectivity index (χ0v) is 22.1. The van der Waals surface area contributed by atoms with Gasteiger partial charge in [-0.2, -0.15) is 0 Å². The number of nitrogens with one attached hydrogen (secondary N) is 2. The molecule has 3 N–H and O–H groups in total. The Balaban J connectivity index is 1.40. The second kappa shape index (κ2) is 12.7. The third-order valence-electron chi connectivity index (χ3n) is 6.73. The van der Waals surface area contributed by atoms with Crippen LogP contribution in [0.4, 0.5) is 11.4 Å². The van der Waals surface area contributed by atoms with Crippen molar-refractivity contribution in [3.8, 4) is 5.75 Å². The minimum atomic E-state index is -1.24. The van der Waals surface area contributed by atoms with Gasteiger partial charge >= 0.3 is 5.97 Å². The van der Waals surface area contributed by atoms with Crippen molar-refractivity contribution in [1.82, 2.24) is 10.2 Å². The van der Waals surface area contributed by atoms with Crippen molar-refractivity contribution in [2.75, 3.05) is 12.4 Å². The molecule has 212 valence electrons. The molecule has 4 rings (SSSR count). The first kappa shape index (κ1) is 28.7. The SMILES string of the molecule is COc1ccc([N+](=O)[O-])cc1C(=O)Nc1ccc(C[C@H](NC(=O)[C@@H]2CCC(=O)N2Cc2ccccc2)C(=O)O)cc1. The molecule has 3 aromatic rings. The first-order valence-corrected chi connectivity index (χ1v) is 12.8. The van der Waals surface area contributed by atoms with Crippen molar-refractivity contribution in [3.05, 3.63) is 99.6 Å². The molecule has 0 aromatic heterocycles. The van der Waals surface area contributed by atoms with Crippen LogP contribution in [0.3, 0.4) is 0 Å². The van der Waals surface area contributed by atoms with E-state index in [1.54, 1.807) is 24.3 Å². The number of nitro benzene ring substituents is 1. The highest BCUT2D eigenvalue weighted by atomic mass is 16.6. The van der Waals surface area contributed by atoms with Crippen molar-refractivity contribution in [1.29, 1.82) is 0 Å². The molecule has 3 amide bonds. The number of carboxylic acids is 1. The standard InChI is InChI=1S/C29H28N4O8/c1-41-25-13-11-21(33(39)40)16-22(25)27(35)30-20-9-7-18(8-10-20)15-23(29(37)38)31-28(36)24-12-14-26(34)32(24)17-19-5-3-2-4-6-19/h2-11,13,16,23-24H,12,14-15,17H2,1H3,(H,30,35)(H,31,36)(H,37,38)/t23-,24-/m0/s1. The number of non-ortho nitro benzene ring substituents is 1. The summed E-state index contributed by atoms with van der Waals surface area (Å²) in [6, 6.07) is 17.2. The van der Waals surface area contributed by atoms with E-state index in [-0.39, 0.29) is 42.3 Å². The Morgan fingerprint density at radius 2 is 1.78 bits per heavy atom. The molecule has 2 atom stereocenters. The fraction of sp³-hybridized carbons (Fsp3) is 0.241. The average Bonchev–Trinajstić information content (AvgIpc) is 3.33. The van der Waals surface area contributed by atoms with Gasteiger partial charge in [0.1, 0.15) is 17.8 Å². The van der Waals surface area contributed by atoms with Gasteiger partial charge in [-0.05, 0) is 35.7 Å². The van der Waals surface area contributed by atoms with Crippen LogP contribution in [0.15, 0.2) is 72.8 Å². The van der Waals surface area contributed by atoms with E-state index in [1.165, 1.54) is 24.1 Å². The summed E-state index contributed by atoms with van der Waals surface area (Å²) in [5, 5.41) is 26.1. The smallest absolute Gasteiger partial charge is 0.326 e. The van der Waals surface area contributed by atoms with E-state index in [0.717, 1.165) is 11.6 Å². The number of anilines is 1. The van der Waals surface area contributed by atoms with E-state index in [1.807, 2.05) is 30.3 Å². The molecule has 1 aliphatic heterocycles. The molecule has 1 heterocycles. The minimum Gasteiger partial charge on any atom is -0.496 e. The molecule has 1 fully saturated rings. The van der Waals surface area contributed by atoms with E-state index in [0.29, 0.717) is 17.7 Å². The lowest BCUT2D eigenvalue weighted by atomic mass is 10.0. The van der Waals surface area contributed by atoms with Gasteiger partial charge in [0.05, 0.1) is 17.6 Å². The van der Waals surface area contributed by atoms with E-state index in [9.17, 15) is 34.4 Å². The zero-order chi connectivity index (χ0) is 29.5. The van der Waals surface area contributed by atoms with Crippen molar-refractivity contribution < 1.29 is 33.9 Å². The highest BCUT2D eigenvalue weighted by Gasteiger charge is 2.37. The molecule has 0 unspecified atom stereocenters. The van der Waals surface area contributed by atoms with Crippen molar-refractivity contribution in [2.45, 2.75) is 37.9 Å². The monoisotopic (exact) mass is 560 g/mol. The summed E-state index contributed by atoms with van der Waals surface area (Å²) in [5.74, 6) is -2.39. The number of hydrogen-bond donors (Lipinski definition) is 3. The highest BCUT2D eigenvalue weighted by molar-refractivity contribution is 6.06. The van der Waals surface area contributed by atoms with E-state index in [4.69, 9.17) is 4.74 Å². The van der Waals surface area contributed by atoms with Crippen LogP contribution < -0.4 is 15.4 Å². The number of likely N-dealkylation sites (tertiary alicyclic amines) is 1. The Hall–Kier alpha value is -5.26. The molecule has 41 heavy (non-hydrogen) atoms. The van der Waals surface area contributed by atoms with Crippen LogP contribution in [0, 0.1) is 10.1 Å². The third-order valence-corrected chi connectivity index (χ3v) is 6.73. The predicted octanol–water partition coefficient (Wildman–Crippen LogP) is 3.16. The maximum atomic E-state index is 13.1. The number of amides is 3. The summed E-state index contributed by atoms with van der Waals surface area (Å²) in [7, 11) is 1.34. The first-order valence-electron chi connectivity index (χ1n) is 12.8. The normalized spacial score (nSPS) is 15.2. The molecule has 1 saturated heterocycles. The maximum absolute atomic E-state index is 13.1. The molecule has 0 saturated carbocycles. The summed E-state index contributed by atoms with van der Waals surface area (Å²) in [6.07, 6.45) is 0.471. The summed E-state index contributed by atoms with van der Waals surface area (Å²) in [6.45, 7) is 0.255. The van der Waals surface area contributed by atoms with Gasteiger partial charge < -0.3 is 25.4 Å². The number of nitro groups is 1. The number of rotatable bonds is 11. The number of carbonyl (C=O) groups excluding carboxylic acids is 3. The second-order valence-electron chi connectivity index (χ2n) is 9.46. The molecular weight excluding hydrogens is 532 g/mol. The molecule has 3 aromatic carbocycles. The molecule has 0 spiro atoms. The Kier molecular flexibility index (Phi) is 8.92. The summed E-state index contributed by atoms with van der Waals surface area (Å²) in [4.78, 5) is 62.2. The topological polar surface area (TPSA) is 168 Å². The quantitative estimate of drug-likeness (QED) is 0.237. The van der Waals surface area contributed by atoms with Gasteiger partial charge in [-0.1, -0.05) is 42.5 Å². The predicted molar refractivity (Wildman–Crippen MR) is 147 cm³/mol. The van der Waals surface area contributed by atoms with Crippen LogP contribution in [0.25, 0.3) is 0 Å². The Labute approximate surface area is 235 Å². The number of benzene rings is 3. The summed E-state index contributed by atoms with van der Waals surface area (Å²) in [5.41, 5.74) is 1.52. The average molecular weight is 561 g/mol. The van der Waals surface area contributed by atoms with Gasteiger partial charge in [-0.25, -0.2) is 4.79 Å².